The van der Waals surface area contributed by atoms with Gasteiger partial charge in [-0.2, -0.15) is 0 Å². The van der Waals surface area contributed by atoms with Crippen LogP contribution in [0.3, 0.4) is 0 Å². The van der Waals surface area contributed by atoms with E-state index in [2.05, 4.69) is 54.5 Å². The van der Waals surface area contributed by atoms with Crippen molar-refractivity contribution in [2.75, 3.05) is 10.6 Å². The lowest BCUT2D eigenvalue weighted by atomic mass is 10.2. The summed E-state index contributed by atoms with van der Waals surface area (Å²) in [5.74, 6) is 2.24. The first kappa shape index (κ1) is 16.4. The number of anilines is 3. The first-order valence-electron chi connectivity index (χ1n) is 7.63. The fourth-order valence-corrected chi connectivity index (χ4v) is 2.79. The van der Waals surface area contributed by atoms with Crippen LogP contribution < -0.4 is 10.6 Å². The van der Waals surface area contributed by atoms with Crippen molar-refractivity contribution in [3.8, 4) is 0 Å². The van der Waals surface area contributed by atoms with Gasteiger partial charge in [-0.1, -0.05) is 22.0 Å². The number of aromatic nitrogens is 3. The molecule has 0 radical (unpaired) electrons. The van der Waals surface area contributed by atoms with Gasteiger partial charge >= 0.3 is 0 Å². The second kappa shape index (κ2) is 7.40. The van der Waals surface area contributed by atoms with E-state index in [1.165, 1.54) is 0 Å². The average Bonchev–Trinajstić information content (AvgIpc) is 2.56. The van der Waals surface area contributed by atoms with Crippen LogP contribution in [0.5, 0.6) is 0 Å². The molecular formula is C18H18BrN5. The average molecular weight is 384 g/mol. The van der Waals surface area contributed by atoms with Gasteiger partial charge < -0.3 is 10.6 Å². The van der Waals surface area contributed by atoms with Crippen molar-refractivity contribution in [3.63, 3.8) is 0 Å². The minimum Gasteiger partial charge on any atom is -0.364 e. The van der Waals surface area contributed by atoms with Crippen molar-refractivity contribution in [2.45, 2.75) is 20.4 Å². The van der Waals surface area contributed by atoms with E-state index in [0.29, 0.717) is 12.4 Å². The molecule has 1 aromatic carbocycles. The van der Waals surface area contributed by atoms with Crippen molar-refractivity contribution in [1.82, 2.24) is 15.0 Å². The summed E-state index contributed by atoms with van der Waals surface area (Å²) >= 11 is 3.48. The van der Waals surface area contributed by atoms with Gasteiger partial charge in [-0.15, -0.1) is 0 Å². The minimum absolute atomic E-state index is 0.619. The molecule has 2 N–H and O–H groups in total. The van der Waals surface area contributed by atoms with Gasteiger partial charge in [-0.25, -0.2) is 9.97 Å². The third-order valence-electron chi connectivity index (χ3n) is 3.47. The third kappa shape index (κ3) is 4.29. The number of hydrogen-bond donors (Lipinski definition) is 2. The maximum atomic E-state index is 4.46. The minimum atomic E-state index is 0.619. The molecule has 0 fully saturated rings. The van der Waals surface area contributed by atoms with Crippen molar-refractivity contribution in [2.24, 2.45) is 0 Å². The number of rotatable bonds is 5. The molecule has 2 aromatic heterocycles. The standard InChI is InChI=1S/C18H18BrN5/c1-12-9-14(19)6-7-16(12)24-18-10-17(22-13(2)23-18)21-11-15-5-3-4-8-20-15/h3-10H,11H2,1-2H3,(H2,21,22,23,24). The Balaban J connectivity index is 1.76. The Morgan fingerprint density at radius 1 is 1.00 bits per heavy atom. The van der Waals surface area contributed by atoms with Gasteiger partial charge in [0.15, 0.2) is 0 Å². The lowest BCUT2D eigenvalue weighted by Crippen LogP contribution is -2.06. The number of aryl methyl sites for hydroxylation is 2. The van der Waals surface area contributed by atoms with Crippen molar-refractivity contribution in [1.29, 1.82) is 0 Å². The Morgan fingerprint density at radius 3 is 2.58 bits per heavy atom. The predicted molar refractivity (Wildman–Crippen MR) is 100 cm³/mol. The van der Waals surface area contributed by atoms with Crippen LogP contribution in [0.1, 0.15) is 17.1 Å². The van der Waals surface area contributed by atoms with Crippen LogP contribution in [-0.4, -0.2) is 15.0 Å². The highest BCUT2D eigenvalue weighted by Crippen LogP contribution is 2.24. The topological polar surface area (TPSA) is 62.7 Å². The number of nitrogens with one attached hydrogen (secondary N) is 2. The molecule has 0 aliphatic carbocycles. The smallest absolute Gasteiger partial charge is 0.136 e. The zero-order valence-electron chi connectivity index (χ0n) is 13.5. The summed E-state index contributed by atoms with van der Waals surface area (Å²) in [5, 5.41) is 6.64. The second-order valence-corrected chi connectivity index (χ2v) is 6.36. The molecule has 0 bridgehead atoms. The van der Waals surface area contributed by atoms with Crippen LogP contribution in [0.25, 0.3) is 0 Å². The Hall–Kier alpha value is -2.47. The number of nitrogens with zero attached hydrogens (tertiary/aromatic N) is 3. The van der Waals surface area contributed by atoms with Gasteiger partial charge in [-0.05, 0) is 49.7 Å². The first-order valence-corrected chi connectivity index (χ1v) is 8.42. The molecule has 0 aliphatic rings. The monoisotopic (exact) mass is 383 g/mol. The zero-order valence-corrected chi connectivity index (χ0v) is 15.1. The molecule has 3 rings (SSSR count). The van der Waals surface area contributed by atoms with Crippen molar-refractivity contribution >= 4 is 33.3 Å². The zero-order chi connectivity index (χ0) is 16.9. The molecule has 122 valence electrons. The molecule has 6 heteroatoms. The highest BCUT2D eigenvalue weighted by atomic mass is 79.9. The van der Waals surface area contributed by atoms with Gasteiger partial charge in [0, 0.05) is 22.4 Å². The molecule has 3 aromatic rings. The second-order valence-electron chi connectivity index (χ2n) is 5.44. The lowest BCUT2D eigenvalue weighted by Gasteiger charge is -2.12. The molecule has 0 aliphatic heterocycles. The van der Waals surface area contributed by atoms with Crippen LogP contribution in [0.4, 0.5) is 17.3 Å². The normalized spacial score (nSPS) is 10.5. The SMILES string of the molecule is Cc1nc(NCc2ccccn2)cc(Nc2ccc(Br)cc2C)n1. The Morgan fingerprint density at radius 2 is 1.83 bits per heavy atom. The van der Waals surface area contributed by atoms with E-state index in [9.17, 15) is 0 Å². The molecule has 0 spiro atoms. The molecule has 5 nitrogen and oxygen atoms in total. The van der Waals surface area contributed by atoms with Gasteiger partial charge in [0.1, 0.15) is 17.5 Å². The Labute approximate surface area is 149 Å². The number of benzene rings is 1. The summed E-state index contributed by atoms with van der Waals surface area (Å²) in [5.41, 5.74) is 3.13. The van der Waals surface area contributed by atoms with Crippen molar-refractivity contribution < 1.29 is 0 Å². The van der Waals surface area contributed by atoms with Crippen LogP contribution >= 0.6 is 15.9 Å². The maximum Gasteiger partial charge on any atom is 0.136 e. The van der Waals surface area contributed by atoms with Crippen LogP contribution in [-0.2, 0) is 6.54 Å². The van der Waals surface area contributed by atoms with E-state index in [4.69, 9.17) is 0 Å². The Kier molecular flexibility index (Phi) is 5.05. The van der Waals surface area contributed by atoms with Gasteiger partial charge in [-0.3, -0.25) is 4.98 Å². The number of hydrogen-bond acceptors (Lipinski definition) is 5. The summed E-state index contributed by atoms with van der Waals surface area (Å²) in [4.78, 5) is 13.2. The molecule has 24 heavy (non-hydrogen) atoms. The molecule has 0 atom stereocenters. The summed E-state index contributed by atoms with van der Waals surface area (Å²) in [6.07, 6.45) is 1.78. The summed E-state index contributed by atoms with van der Waals surface area (Å²) in [6.45, 7) is 4.56. The molecule has 2 heterocycles. The quantitative estimate of drug-likeness (QED) is 0.673. The lowest BCUT2D eigenvalue weighted by molar-refractivity contribution is 0.996. The van der Waals surface area contributed by atoms with E-state index < -0.39 is 0 Å². The fourth-order valence-electron chi connectivity index (χ4n) is 2.31. The summed E-state index contributed by atoms with van der Waals surface area (Å²) in [6, 6.07) is 13.8. The summed E-state index contributed by atoms with van der Waals surface area (Å²) < 4.78 is 1.06. The number of halogens is 1. The number of pyridine rings is 1. The van der Waals surface area contributed by atoms with Crippen LogP contribution in [0.15, 0.2) is 53.1 Å². The fraction of sp³-hybridized carbons (Fsp3) is 0.167. The van der Waals surface area contributed by atoms with Gasteiger partial charge in [0.05, 0.1) is 12.2 Å². The van der Waals surface area contributed by atoms with Crippen LogP contribution in [0.2, 0.25) is 0 Å². The van der Waals surface area contributed by atoms with Crippen molar-refractivity contribution in [3.05, 3.63) is 70.2 Å². The molecule has 0 saturated heterocycles. The third-order valence-corrected chi connectivity index (χ3v) is 3.96. The highest BCUT2D eigenvalue weighted by Gasteiger charge is 2.05. The van der Waals surface area contributed by atoms with E-state index in [0.717, 1.165) is 33.1 Å². The van der Waals surface area contributed by atoms with E-state index in [1.54, 1.807) is 6.20 Å². The van der Waals surface area contributed by atoms with E-state index in [-0.39, 0.29) is 0 Å². The predicted octanol–water partition coefficient (Wildman–Crippen LogP) is 4.61. The van der Waals surface area contributed by atoms with Gasteiger partial charge in [0.25, 0.3) is 0 Å². The van der Waals surface area contributed by atoms with E-state index in [1.807, 2.05) is 43.3 Å². The summed E-state index contributed by atoms with van der Waals surface area (Å²) in [7, 11) is 0. The highest BCUT2D eigenvalue weighted by molar-refractivity contribution is 9.10. The first-order chi connectivity index (χ1) is 11.6. The van der Waals surface area contributed by atoms with Gasteiger partial charge in [0.2, 0.25) is 0 Å². The molecule has 0 amide bonds. The molecule has 0 saturated carbocycles. The largest absolute Gasteiger partial charge is 0.364 e. The molecule has 0 unspecified atom stereocenters. The van der Waals surface area contributed by atoms with E-state index >= 15 is 0 Å². The Bertz CT molecular complexity index is 836. The maximum absolute atomic E-state index is 4.46. The van der Waals surface area contributed by atoms with Crippen LogP contribution in [0, 0.1) is 13.8 Å². The molecular weight excluding hydrogens is 366 g/mol.